The SMILES string of the molecule is Cc1ccc(-c2ncnc(Nc3ccc(F)c(CN)c3)c2O)cc1. The van der Waals surface area contributed by atoms with Crippen molar-refractivity contribution in [3.63, 3.8) is 0 Å². The summed E-state index contributed by atoms with van der Waals surface area (Å²) in [6.07, 6.45) is 1.37. The minimum absolute atomic E-state index is 0.0695. The number of halogens is 1. The highest BCUT2D eigenvalue weighted by Crippen LogP contribution is 2.33. The van der Waals surface area contributed by atoms with Crippen LogP contribution in [0.15, 0.2) is 48.8 Å². The highest BCUT2D eigenvalue weighted by Gasteiger charge is 2.13. The predicted octanol–water partition coefficient (Wildman–Crippen LogP) is 3.50. The molecule has 1 heterocycles. The van der Waals surface area contributed by atoms with E-state index in [2.05, 4.69) is 15.3 Å². The zero-order chi connectivity index (χ0) is 17.1. The molecule has 0 aliphatic carbocycles. The predicted molar refractivity (Wildman–Crippen MR) is 91.4 cm³/mol. The van der Waals surface area contributed by atoms with Crippen molar-refractivity contribution < 1.29 is 9.50 Å². The highest BCUT2D eigenvalue weighted by atomic mass is 19.1. The van der Waals surface area contributed by atoms with Gasteiger partial charge in [-0.05, 0) is 25.1 Å². The quantitative estimate of drug-likeness (QED) is 0.684. The Labute approximate surface area is 139 Å². The number of aryl methyl sites for hydroxylation is 1. The largest absolute Gasteiger partial charge is 0.503 e. The average Bonchev–Trinajstić information content (AvgIpc) is 2.59. The number of hydrogen-bond acceptors (Lipinski definition) is 5. The van der Waals surface area contributed by atoms with Crippen LogP contribution in [0.4, 0.5) is 15.9 Å². The van der Waals surface area contributed by atoms with Crippen molar-refractivity contribution >= 4 is 11.5 Å². The third-order valence-corrected chi connectivity index (χ3v) is 3.68. The number of nitrogens with one attached hydrogen (secondary N) is 1. The van der Waals surface area contributed by atoms with E-state index in [0.717, 1.165) is 11.1 Å². The van der Waals surface area contributed by atoms with Crippen LogP contribution in [0.5, 0.6) is 5.75 Å². The second-order valence-electron chi connectivity index (χ2n) is 5.42. The maximum atomic E-state index is 13.5. The van der Waals surface area contributed by atoms with Crippen molar-refractivity contribution in [3.05, 3.63) is 65.7 Å². The van der Waals surface area contributed by atoms with Gasteiger partial charge in [0.1, 0.15) is 17.8 Å². The van der Waals surface area contributed by atoms with Crippen molar-refractivity contribution in [2.24, 2.45) is 5.73 Å². The Morgan fingerprint density at radius 3 is 2.58 bits per heavy atom. The van der Waals surface area contributed by atoms with E-state index in [0.29, 0.717) is 16.9 Å². The molecule has 0 saturated heterocycles. The van der Waals surface area contributed by atoms with Gasteiger partial charge in [0.2, 0.25) is 0 Å². The first kappa shape index (κ1) is 15.9. The maximum Gasteiger partial charge on any atom is 0.185 e. The Morgan fingerprint density at radius 2 is 1.88 bits per heavy atom. The molecule has 0 atom stereocenters. The summed E-state index contributed by atoms with van der Waals surface area (Å²) in [5.41, 5.74) is 8.80. The minimum Gasteiger partial charge on any atom is -0.503 e. The lowest BCUT2D eigenvalue weighted by Gasteiger charge is -2.11. The minimum atomic E-state index is -0.365. The normalized spacial score (nSPS) is 10.6. The molecule has 0 bridgehead atoms. The molecular formula is C18H17FN4O. The van der Waals surface area contributed by atoms with Crippen molar-refractivity contribution in [2.45, 2.75) is 13.5 Å². The Kier molecular flexibility index (Phi) is 4.39. The molecule has 0 aliphatic rings. The molecule has 5 nitrogen and oxygen atoms in total. The average molecular weight is 324 g/mol. The van der Waals surface area contributed by atoms with Crippen LogP contribution < -0.4 is 11.1 Å². The van der Waals surface area contributed by atoms with E-state index in [1.807, 2.05) is 31.2 Å². The molecule has 122 valence electrons. The summed E-state index contributed by atoms with van der Waals surface area (Å²) >= 11 is 0. The van der Waals surface area contributed by atoms with Gasteiger partial charge in [-0.25, -0.2) is 14.4 Å². The summed E-state index contributed by atoms with van der Waals surface area (Å²) in [7, 11) is 0. The summed E-state index contributed by atoms with van der Waals surface area (Å²) < 4.78 is 13.5. The summed E-state index contributed by atoms with van der Waals surface area (Å²) in [6.45, 7) is 2.08. The topological polar surface area (TPSA) is 84.1 Å². The monoisotopic (exact) mass is 324 g/mol. The fraction of sp³-hybridized carbons (Fsp3) is 0.111. The second kappa shape index (κ2) is 6.64. The molecule has 0 amide bonds. The Bertz CT molecular complexity index is 865. The van der Waals surface area contributed by atoms with Crippen LogP contribution in [0.25, 0.3) is 11.3 Å². The first-order valence-corrected chi connectivity index (χ1v) is 7.45. The Balaban J connectivity index is 1.95. The van der Waals surface area contributed by atoms with Gasteiger partial charge in [0.05, 0.1) is 0 Å². The molecule has 6 heteroatoms. The van der Waals surface area contributed by atoms with Gasteiger partial charge in [-0.2, -0.15) is 0 Å². The van der Waals surface area contributed by atoms with Crippen molar-refractivity contribution in [2.75, 3.05) is 5.32 Å². The standard InChI is InChI=1S/C18H17FN4O/c1-11-2-4-12(5-3-11)16-17(24)18(22-10-21-16)23-14-6-7-15(19)13(8-14)9-20/h2-8,10,24H,9,20H2,1H3,(H,21,22,23). The van der Waals surface area contributed by atoms with Crippen LogP contribution in [0.3, 0.4) is 0 Å². The summed E-state index contributed by atoms with van der Waals surface area (Å²) in [6, 6.07) is 12.1. The van der Waals surface area contributed by atoms with Crippen molar-refractivity contribution in [1.29, 1.82) is 0 Å². The lowest BCUT2D eigenvalue weighted by atomic mass is 10.1. The van der Waals surface area contributed by atoms with E-state index in [9.17, 15) is 9.50 Å². The zero-order valence-electron chi connectivity index (χ0n) is 13.1. The van der Waals surface area contributed by atoms with Gasteiger partial charge in [-0.15, -0.1) is 0 Å². The van der Waals surface area contributed by atoms with Crippen LogP contribution in [0.2, 0.25) is 0 Å². The van der Waals surface area contributed by atoms with Crippen molar-refractivity contribution in [1.82, 2.24) is 9.97 Å². The zero-order valence-corrected chi connectivity index (χ0v) is 13.1. The smallest absolute Gasteiger partial charge is 0.185 e. The van der Waals surface area contributed by atoms with Crippen LogP contribution >= 0.6 is 0 Å². The molecule has 0 saturated carbocycles. The second-order valence-corrected chi connectivity index (χ2v) is 5.42. The van der Waals surface area contributed by atoms with E-state index in [1.165, 1.54) is 12.4 Å². The number of nitrogens with two attached hydrogens (primary N) is 1. The number of anilines is 2. The fourth-order valence-corrected chi connectivity index (χ4v) is 2.34. The number of aromatic nitrogens is 2. The molecule has 2 aromatic carbocycles. The number of nitrogens with zero attached hydrogens (tertiary/aromatic N) is 2. The molecule has 4 N–H and O–H groups in total. The fourth-order valence-electron chi connectivity index (χ4n) is 2.34. The van der Waals surface area contributed by atoms with Crippen LogP contribution in [0.1, 0.15) is 11.1 Å². The number of hydrogen-bond donors (Lipinski definition) is 3. The van der Waals surface area contributed by atoms with E-state index in [-0.39, 0.29) is 23.9 Å². The van der Waals surface area contributed by atoms with Crippen molar-refractivity contribution in [3.8, 4) is 17.0 Å². The summed E-state index contributed by atoms with van der Waals surface area (Å²) in [4.78, 5) is 8.21. The lowest BCUT2D eigenvalue weighted by Crippen LogP contribution is -2.02. The molecule has 1 aromatic heterocycles. The highest BCUT2D eigenvalue weighted by molar-refractivity contribution is 5.74. The maximum absolute atomic E-state index is 13.5. The number of aromatic hydroxyl groups is 1. The molecule has 0 fully saturated rings. The van der Waals surface area contributed by atoms with E-state index in [4.69, 9.17) is 5.73 Å². The van der Waals surface area contributed by atoms with E-state index >= 15 is 0 Å². The number of rotatable bonds is 4. The summed E-state index contributed by atoms with van der Waals surface area (Å²) in [5.74, 6) is -0.189. The van der Waals surface area contributed by atoms with Gasteiger partial charge < -0.3 is 16.2 Å². The third kappa shape index (κ3) is 3.18. The van der Waals surface area contributed by atoms with Gasteiger partial charge >= 0.3 is 0 Å². The molecule has 3 rings (SSSR count). The molecule has 3 aromatic rings. The van der Waals surface area contributed by atoms with E-state index in [1.54, 1.807) is 12.1 Å². The Hall–Kier alpha value is -2.99. The first-order valence-electron chi connectivity index (χ1n) is 7.45. The molecular weight excluding hydrogens is 307 g/mol. The van der Waals surface area contributed by atoms with Gasteiger partial charge in [0.15, 0.2) is 11.6 Å². The van der Waals surface area contributed by atoms with Gasteiger partial charge in [-0.1, -0.05) is 29.8 Å². The molecule has 24 heavy (non-hydrogen) atoms. The van der Waals surface area contributed by atoms with Gasteiger partial charge in [0, 0.05) is 23.4 Å². The van der Waals surface area contributed by atoms with Gasteiger partial charge in [0.25, 0.3) is 0 Å². The summed E-state index contributed by atoms with van der Waals surface area (Å²) in [5, 5.41) is 13.4. The lowest BCUT2D eigenvalue weighted by molar-refractivity contribution is 0.475. The van der Waals surface area contributed by atoms with Crippen LogP contribution in [-0.2, 0) is 6.54 Å². The molecule has 0 radical (unpaired) electrons. The molecule has 0 spiro atoms. The van der Waals surface area contributed by atoms with E-state index < -0.39 is 0 Å². The first-order chi connectivity index (χ1) is 11.6. The molecule has 0 unspecified atom stereocenters. The van der Waals surface area contributed by atoms with Crippen LogP contribution in [0, 0.1) is 12.7 Å². The van der Waals surface area contributed by atoms with Gasteiger partial charge in [-0.3, -0.25) is 0 Å². The Morgan fingerprint density at radius 1 is 1.12 bits per heavy atom. The number of benzene rings is 2. The van der Waals surface area contributed by atoms with Crippen LogP contribution in [-0.4, -0.2) is 15.1 Å². The third-order valence-electron chi connectivity index (χ3n) is 3.68. The molecule has 0 aliphatic heterocycles.